The quantitative estimate of drug-likeness (QED) is 0.563. The number of para-hydroxylation sites is 2. The molecule has 32 heavy (non-hydrogen) atoms. The zero-order valence-corrected chi connectivity index (χ0v) is 18.6. The molecule has 0 atom stereocenters. The predicted molar refractivity (Wildman–Crippen MR) is 123 cm³/mol. The number of rotatable bonds is 5. The van der Waals surface area contributed by atoms with Gasteiger partial charge in [0.15, 0.2) is 0 Å². The normalized spacial score (nSPS) is 14.2. The van der Waals surface area contributed by atoms with Crippen molar-refractivity contribution in [3.8, 4) is 5.69 Å². The topological polar surface area (TPSA) is 76.5 Å². The SMILES string of the molecule is Cc1nn(-c2ccccc2)c(Cl)c1COC(=O)C1CCN(C(=O)Nc2ccccc2)CC1. The highest BCUT2D eigenvalue weighted by molar-refractivity contribution is 6.30. The Morgan fingerprint density at radius 2 is 1.69 bits per heavy atom. The van der Waals surface area contributed by atoms with Crippen molar-refractivity contribution in [2.24, 2.45) is 5.92 Å². The number of piperidine rings is 1. The number of hydrogen-bond donors (Lipinski definition) is 1. The van der Waals surface area contributed by atoms with E-state index in [4.69, 9.17) is 16.3 Å². The molecule has 7 nitrogen and oxygen atoms in total. The van der Waals surface area contributed by atoms with Crippen LogP contribution in [0.1, 0.15) is 24.1 Å². The number of urea groups is 1. The van der Waals surface area contributed by atoms with Crippen LogP contribution in [0.3, 0.4) is 0 Å². The fourth-order valence-electron chi connectivity index (χ4n) is 3.74. The average molecular weight is 453 g/mol. The van der Waals surface area contributed by atoms with Crippen molar-refractivity contribution >= 4 is 29.3 Å². The third-order valence-corrected chi connectivity index (χ3v) is 6.01. The van der Waals surface area contributed by atoms with Crippen molar-refractivity contribution in [2.75, 3.05) is 18.4 Å². The Labute approximate surface area is 191 Å². The molecule has 1 aliphatic heterocycles. The van der Waals surface area contributed by atoms with Gasteiger partial charge in [0.1, 0.15) is 11.8 Å². The molecule has 1 saturated heterocycles. The molecule has 8 heteroatoms. The summed E-state index contributed by atoms with van der Waals surface area (Å²) in [6.07, 6.45) is 1.13. The van der Waals surface area contributed by atoms with Crippen molar-refractivity contribution in [1.82, 2.24) is 14.7 Å². The van der Waals surface area contributed by atoms with Crippen LogP contribution in [0.15, 0.2) is 60.7 Å². The number of aromatic nitrogens is 2. The maximum atomic E-state index is 12.6. The number of esters is 1. The fraction of sp³-hybridized carbons (Fsp3) is 0.292. The second-order valence-corrected chi connectivity index (χ2v) is 8.13. The van der Waals surface area contributed by atoms with Crippen LogP contribution >= 0.6 is 11.6 Å². The highest BCUT2D eigenvalue weighted by Crippen LogP contribution is 2.26. The third-order valence-electron chi connectivity index (χ3n) is 5.62. The standard InChI is InChI=1S/C24H25ClN4O3/c1-17-21(22(25)29(27-17)20-10-6-3-7-11-20)16-32-23(30)18-12-14-28(15-13-18)24(31)26-19-8-4-2-5-9-19/h2-11,18H,12-16H2,1H3,(H,26,31). The molecule has 166 valence electrons. The Morgan fingerprint density at radius 1 is 1.06 bits per heavy atom. The first-order valence-corrected chi connectivity index (χ1v) is 11.0. The van der Waals surface area contributed by atoms with E-state index in [1.54, 1.807) is 9.58 Å². The Kier molecular flexibility index (Phi) is 6.75. The van der Waals surface area contributed by atoms with Crippen LogP contribution in [-0.4, -0.2) is 39.8 Å². The van der Waals surface area contributed by atoms with Crippen molar-refractivity contribution in [3.63, 3.8) is 0 Å². The summed E-state index contributed by atoms with van der Waals surface area (Å²) >= 11 is 6.51. The molecule has 1 aromatic heterocycles. The highest BCUT2D eigenvalue weighted by atomic mass is 35.5. The summed E-state index contributed by atoms with van der Waals surface area (Å²) in [6.45, 7) is 2.93. The van der Waals surface area contributed by atoms with E-state index >= 15 is 0 Å². The number of anilines is 1. The second-order valence-electron chi connectivity index (χ2n) is 7.77. The van der Waals surface area contributed by atoms with Gasteiger partial charge in [0.25, 0.3) is 0 Å². The maximum Gasteiger partial charge on any atom is 0.321 e. The number of nitrogens with zero attached hydrogens (tertiary/aromatic N) is 3. The zero-order valence-electron chi connectivity index (χ0n) is 17.8. The molecule has 4 rings (SSSR count). The number of carbonyl (C=O) groups is 2. The van der Waals surface area contributed by atoms with E-state index in [1.165, 1.54) is 0 Å². The lowest BCUT2D eigenvalue weighted by atomic mass is 9.97. The Bertz CT molecular complexity index is 1080. The first kappa shape index (κ1) is 21.9. The molecule has 2 amide bonds. The van der Waals surface area contributed by atoms with E-state index in [9.17, 15) is 9.59 Å². The van der Waals surface area contributed by atoms with E-state index in [-0.39, 0.29) is 24.5 Å². The molecular weight excluding hydrogens is 428 g/mol. The van der Waals surface area contributed by atoms with Crippen LogP contribution < -0.4 is 5.32 Å². The summed E-state index contributed by atoms with van der Waals surface area (Å²) in [5, 5.41) is 7.79. The maximum absolute atomic E-state index is 12.6. The highest BCUT2D eigenvalue weighted by Gasteiger charge is 2.29. The lowest BCUT2D eigenvalue weighted by molar-refractivity contribution is -0.151. The molecule has 2 heterocycles. The Morgan fingerprint density at radius 3 is 2.34 bits per heavy atom. The smallest absolute Gasteiger partial charge is 0.321 e. The van der Waals surface area contributed by atoms with Crippen LogP contribution in [-0.2, 0) is 16.1 Å². The molecule has 0 bridgehead atoms. The molecule has 2 aromatic carbocycles. The number of halogens is 1. The van der Waals surface area contributed by atoms with E-state index in [0.29, 0.717) is 36.6 Å². The van der Waals surface area contributed by atoms with Crippen LogP contribution in [0.4, 0.5) is 10.5 Å². The number of amides is 2. The van der Waals surface area contributed by atoms with Gasteiger partial charge in [-0.15, -0.1) is 0 Å². The Hall–Kier alpha value is -3.32. The van der Waals surface area contributed by atoms with Crippen molar-refractivity contribution in [1.29, 1.82) is 0 Å². The summed E-state index contributed by atoms with van der Waals surface area (Å²) < 4.78 is 7.22. The van der Waals surface area contributed by atoms with E-state index < -0.39 is 0 Å². The summed E-state index contributed by atoms with van der Waals surface area (Å²) in [5.41, 5.74) is 3.02. The van der Waals surface area contributed by atoms with Gasteiger partial charge in [-0.25, -0.2) is 9.48 Å². The van der Waals surface area contributed by atoms with Gasteiger partial charge in [-0.1, -0.05) is 48.0 Å². The summed E-state index contributed by atoms with van der Waals surface area (Å²) in [7, 11) is 0. The van der Waals surface area contributed by atoms with Crippen molar-refractivity contribution in [2.45, 2.75) is 26.4 Å². The minimum Gasteiger partial charge on any atom is -0.460 e. The number of aryl methyl sites for hydroxylation is 1. The monoisotopic (exact) mass is 452 g/mol. The molecule has 1 N–H and O–H groups in total. The summed E-state index contributed by atoms with van der Waals surface area (Å²) in [6, 6.07) is 18.7. The van der Waals surface area contributed by atoms with E-state index in [1.807, 2.05) is 67.6 Å². The molecular formula is C24H25ClN4O3. The van der Waals surface area contributed by atoms with Gasteiger partial charge in [0.05, 0.1) is 17.3 Å². The van der Waals surface area contributed by atoms with Gasteiger partial charge in [-0.2, -0.15) is 5.10 Å². The third kappa shape index (κ3) is 4.94. The van der Waals surface area contributed by atoms with Gasteiger partial charge < -0.3 is 15.0 Å². The minimum atomic E-state index is -0.268. The fourth-order valence-corrected chi connectivity index (χ4v) is 4.07. The molecule has 0 aliphatic carbocycles. The second kappa shape index (κ2) is 9.87. The van der Waals surface area contributed by atoms with Gasteiger partial charge in [-0.05, 0) is 44.0 Å². The first-order valence-electron chi connectivity index (χ1n) is 10.6. The predicted octanol–water partition coefficient (Wildman–Crippen LogP) is 4.82. The summed E-state index contributed by atoms with van der Waals surface area (Å²) in [5.74, 6) is -0.505. The van der Waals surface area contributed by atoms with Crippen molar-refractivity contribution in [3.05, 3.63) is 77.1 Å². The van der Waals surface area contributed by atoms with Crippen LogP contribution in [0, 0.1) is 12.8 Å². The van der Waals surface area contributed by atoms with E-state index in [0.717, 1.165) is 17.1 Å². The lowest BCUT2D eigenvalue weighted by Crippen LogP contribution is -2.42. The number of nitrogens with one attached hydrogen (secondary N) is 1. The number of carbonyl (C=O) groups excluding carboxylic acids is 2. The van der Waals surface area contributed by atoms with Crippen molar-refractivity contribution < 1.29 is 14.3 Å². The molecule has 3 aromatic rings. The van der Waals surface area contributed by atoms with Gasteiger partial charge in [-0.3, -0.25) is 4.79 Å². The number of ether oxygens (including phenoxy) is 1. The number of benzene rings is 2. The lowest BCUT2D eigenvalue weighted by Gasteiger charge is -2.31. The largest absolute Gasteiger partial charge is 0.460 e. The minimum absolute atomic E-state index is 0.0744. The van der Waals surface area contributed by atoms with Gasteiger partial charge >= 0.3 is 12.0 Å². The molecule has 0 saturated carbocycles. The molecule has 1 aliphatic rings. The van der Waals surface area contributed by atoms with E-state index in [2.05, 4.69) is 10.4 Å². The molecule has 0 radical (unpaired) electrons. The molecule has 1 fully saturated rings. The molecule has 0 spiro atoms. The Balaban J connectivity index is 1.29. The van der Waals surface area contributed by atoms with Crippen LogP contribution in [0.2, 0.25) is 5.15 Å². The van der Waals surface area contributed by atoms with Crippen LogP contribution in [0.5, 0.6) is 0 Å². The number of likely N-dealkylation sites (tertiary alicyclic amines) is 1. The van der Waals surface area contributed by atoms with Crippen LogP contribution in [0.25, 0.3) is 5.69 Å². The molecule has 0 unspecified atom stereocenters. The van der Waals surface area contributed by atoms with Gasteiger partial charge in [0.2, 0.25) is 0 Å². The number of hydrogen-bond acceptors (Lipinski definition) is 4. The zero-order chi connectivity index (χ0) is 22.5. The first-order chi connectivity index (χ1) is 15.5. The summed E-state index contributed by atoms with van der Waals surface area (Å²) in [4.78, 5) is 26.8. The van der Waals surface area contributed by atoms with Gasteiger partial charge in [0, 0.05) is 24.3 Å². The average Bonchev–Trinajstić information content (AvgIpc) is 3.12.